The number of carbonyl (C=O) groups excluding carboxylic acids is 1. The zero-order valence-electron chi connectivity index (χ0n) is 25.9. The summed E-state index contributed by atoms with van der Waals surface area (Å²) in [5.41, 5.74) is 4.05. The number of amides is 1. The highest BCUT2D eigenvalue weighted by Gasteiger charge is 2.42. The largest absolute Gasteiger partial charge is 0.475 e. The first-order valence-electron chi connectivity index (χ1n) is 14.9. The summed E-state index contributed by atoms with van der Waals surface area (Å²) in [4.78, 5) is 26.9. The van der Waals surface area contributed by atoms with Crippen molar-refractivity contribution in [1.82, 2.24) is 14.9 Å². The molecule has 42 heavy (non-hydrogen) atoms. The van der Waals surface area contributed by atoms with Crippen LogP contribution in [0.15, 0.2) is 53.4 Å². The maximum absolute atomic E-state index is 14.3. The van der Waals surface area contributed by atoms with Gasteiger partial charge in [0.1, 0.15) is 6.61 Å². The lowest BCUT2D eigenvalue weighted by atomic mass is 9.73. The normalized spacial score (nSPS) is 21.3. The number of carbonyl (C=O) groups is 1. The van der Waals surface area contributed by atoms with Crippen molar-refractivity contribution in [2.24, 2.45) is 11.3 Å². The fraction of sp³-hybridized carbons (Fsp3) is 0.500. The van der Waals surface area contributed by atoms with Crippen molar-refractivity contribution in [3.05, 3.63) is 65.2 Å². The molecular formula is C34H44N4O3S. The van der Waals surface area contributed by atoms with Crippen LogP contribution in [0, 0.1) is 25.2 Å². The number of aliphatic hydroxyl groups is 1. The van der Waals surface area contributed by atoms with E-state index < -0.39 is 5.60 Å². The Hall–Kier alpha value is -3.10. The number of aryl methyl sites for hydroxylation is 2. The summed E-state index contributed by atoms with van der Waals surface area (Å²) < 4.78 is 9.78. The van der Waals surface area contributed by atoms with Crippen LogP contribution in [0.2, 0.25) is 0 Å². The molecule has 0 radical (unpaired) electrons. The topological polar surface area (TPSA) is 87.6 Å². The highest BCUT2D eigenvalue weighted by Crippen LogP contribution is 2.41. The molecule has 5 rings (SSSR count). The van der Waals surface area contributed by atoms with Crippen LogP contribution in [0.5, 0.6) is 5.88 Å². The first kappa shape index (κ1) is 30.4. The van der Waals surface area contributed by atoms with Crippen LogP contribution in [0.3, 0.4) is 0 Å². The van der Waals surface area contributed by atoms with E-state index in [2.05, 4.69) is 62.4 Å². The summed E-state index contributed by atoms with van der Waals surface area (Å²) in [6, 6.07) is 15.8. The van der Waals surface area contributed by atoms with Gasteiger partial charge in [-0.15, -0.1) is 0 Å². The second kappa shape index (κ2) is 11.9. The van der Waals surface area contributed by atoms with Crippen molar-refractivity contribution < 1.29 is 14.6 Å². The number of hydrogen-bond acceptors (Lipinski definition) is 7. The molecule has 2 aliphatic rings. The minimum Gasteiger partial charge on any atom is -0.475 e. The van der Waals surface area contributed by atoms with E-state index in [4.69, 9.17) is 14.7 Å². The van der Waals surface area contributed by atoms with Gasteiger partial charge in [0.25, 0.3) is 5.91 Å². The van der Waals surface area contributed by atoms with Crippen LogP contribution in [-0.2, 0) is 0 Å². The van der Waals surface area contributed by atoms with Crippen molar-refractivity contribution in [2.75, 3.05) is 11.3 Å². The maximum atomic E-state index is 14.3. The number of nitrogens with zero attached hydrogens (tertiary/aromatic N) is 3. The fourth-order valence-corrected chi connectivity index (χ4v) is 7.03. The molecule has 0 unspecified atom stereocenters. The van der Waals surface area contributed by atoms with E-state index >= 15 is 0 Å². The number of ether oxygens (including phenoxy) is 1. The Morgan fingerprint density at radius 3 is 2.36 bits per heavy atom. The first-order valence-corrected chi connectivity index (χ1v) is 15.7. The van der Waals surface area contributed by atoms with Crippen LogP contribution in [0.1, 0.15) is 81.8 Å². The molecule has 2 N–H and O–H groups in total. The Morgan fingerprint density at radius 1 is 1.00 bits per heavy atom. The summed E-state index contributed by atoms with van der Waals surface area (Å²) in [7, 11) is 0. The third kappa shape index (κ3) is 7.27. The first-order chi connectivity index (χ1) is 19.8. The molecule has 1 aromatic heterocycles. The van der Waals surface area contributed by atoms with Gasteiger partial charge in [-0.1, -0.05) is 45.0 Å². The zero-order valence-corrected chi connectivity index (χ0v) is 26.7. The summed E-state index contributed by atoms with van der Waals surface area (Å²) in [6.45, 7) is 14.8. The second-order valence-electron chi connectivity index (χ2n) is 13.9. The lowest BCUT2D eigenvalue weighted by Gasteiger charge is -2.48. The monoisotopic (exact) mass is 588 g/mol. The summed E-state index contributed by atoms with van der Waals surface area (Å²) >= 11 is 1.39. The highest BCUT2D eigenvalue weighted by molar-refractivity contribution is 8.00. The van der Waals surface area contributed by atoms with Gasteiger partial charge in [-0.25, -0.2) is 4.98 Å². The predicted molar refractivity (Wildman–Crippen MR) is 170 cm³/mol. The number of benzene rings is 2. The van der Waals surface area contributed by atoms with Crippen LogP contribution >= 0.6 is 11.9 Å². The Balaban J connectivity index is 1.55. The number of anilines is 1. The molecule has 1 aliphatic carbocycles. The molecule has 4 bridgehead atoms. The molecule has 8 heteroatoms. The third-order valence-electron chi connectivity index (χ3n) is 8.07. The SMILES string of the molecule is Cc1cccc(C)c1-c1cc2nc(n1)NSc1cccc(c1)C(=O)N(C1CC(CC(C)(C)O)C1)[C@H](CC(C)(C)C)CO2. The molecular weight excluding hydrogens is 544 g/mol. The average Bonchev–Trinajstić information content (AvgIpc) is 2.87. The van der Waals surface area contributed by atoms with Crippen LogP contribution in [0.25, 0.3) is 11.3 Å². The number of rotatable bonds is 5. The minimum absolute atomic E-state index is 0.0234. The van der Waals surface area contributed by atoms with Gasteiger partial charge in [-0.3, -0.25) is 9.52 Å². The van der Waals surface area contributed by atoms with Crippen molar-refractivity contribution in [1.29, 1.82) is 0 Å². The third-order valence-corrected chi connectivity index (χ3v) is 8.85. The van der Waals surface area contributed by atoms with Crippen LogP contribution in [-0.4, -0.2) is 50.2 Å². The van der Waals surface area contributed by atoms with Gasteiger partial charge in [0, 0.05) is 28.1 Å². The van der Waals surface area contributed by atoms with E-state index in [1.807, 2.05) is 44.2 Å². The molecule has 1 aliphatic heterocycles. The molecule has 1 saturated carbocycles. The highest BCUT2D eigenvalue weighted by atomic mass is 32.2. The molecule has 2 aromatic carbocycles. The smallest absolute Gasteiger partial charge is 0.254 e. The van der Waals surface area contributed by atoms with Gasteiger partial charge < -0.3 is 14.7 Å². The van der Waals surface area contributed by atoms with E-state index in [0.29, 0.717) is 29.9 Å². The molecule has 0 saturated heterocycles. The molecule has 2 heterocycles. The maximum Gasteiger partial charge on any atom is 0.254 e. The number of hydrogen-bond donors (Lipinski definition) is 2. The lowest BCUT2D eigenvalue weighted by Crippen LogP contribution is -2.56. The zero-order chi connectivity index (χ0) is 30.2. The summed E-state index contributed by atoms with van der Waals surface area (Å²) in [5, 5.41) is 10.4. The van der Waals surface area contributed by atoms with Gasteiger partial charge in [0.15, 0.2) is 0 Å². The van der Waals surface area contributed by atoms with Gasteiger partial charge in [0.2, 0.25) is 11.8 Å². The summed E-state index contributed by atoms with van der Waals surface area (Å²) in [5.74, 6) is 1.36. The van der Waals surface area contributed by atoms with Gasteiger partial charge in [-0.2, -0.15) is 4.98 Å². The number of aromatic nitrogens is 2. The van der Waals surface area contributed by atoms with Crippen LogP contribution < -0.4 is 9.46 Å². The van der Waals surface area contributed by atoms with Crippen molar-refractivity contribution in [3.8, 4) is 17.1 Å². The van der Waals surface area contributed by atoms with E-state index in [9.17, 15) is 9.90 Å². The van der Waals surface area contributed by atoms with E-state index in [1.54, 1.807) is 0 Å². The minimum atomic E-state index is -0.718. The van der Waals surface area contributed by atoms with Gasteiger partial charge >= 0.3 is 0 Å². The Bertz CT molecular complexity index is 1420. The van der Waals surface area contributed by atoms with E-state index in [0.717, 1.165) is 53.0 Å². The Morgan fingerprint density at radius 2 is 1.69 bits per heavy atom. The molecule has 1 atom stereocenters. The van der Waals surface area contributed by atoms with Gasteiger partial charge in [0.05, 0.1) is 17.3 Å². The molecule has 1 amide bonds. The fourth-order valence-electron chi connectivity index (χ4n) is 6.39. The predicted octanol–water partition coefficient (Wildman–Crippen LogP) is 7.46. The van der Waals surface area contributed by atoms with Crippen molar-refractivity contribution in [2.45, 2.75) is 96.7 Å². The van der Waals surface area contributed by atoms with Crippen LogP contribution in [0.4, 0.5) is 5.95 Å². The molecule has 224 valence electrons. The van der Waals surface area contributed by atoms with E-state index in [-0.39, 0.29) is 23.4 Å². The number of nitrogens with one attached hydrogen (secondary N) is 1. The number of fused-ring (bicyclic) bond motifs is 4. The molecule has 0 spiro atoms. The van der Waals surface area contributed by atoms with Crippen molar-refractivity contribution >= 4 is 23.8 Å². The Labute approximate surface area is 254 Å². The van der Waals surface area contributed by atoms with E-state index in [1.165, 1.54) is 11.9 Å². The lowest BCUT2D eigenvalue weighted by molar-refractivity contribution is -0.0154. The van der Waals surface area contributed by atoms with Crippen molar-refractivity contribution in [3.63, 3.8) is 0 Å². The molecule has 7 nitrogen and oxygen atoms in total. The quantitative estimate of drug-likeness (QED) is 0.299. The average molecular weight is 589 g/mol. The summed E-state index contributed by atoms with van der Waals surface area (Å²) in [6.07, 6.45) is 3.26. The van der Waals surface area contributed by atoms with Gasteiger partial charge in [-0.05, 0) is 106 Å². The standard InChI is InChI=1S/C34H44N4O3S/c1-21-10-8-11-22(2)30(21)28-17-29-36-32(35-28)37-42-27-13-9-12-24(16-27)31(39)38(26(20-41-29)19-33(3,4)5)25-14-23(15-25)18-34(6,7)40/h8-13,16-17,23,25-26,40H,14-15,18-20H2,1-7H3,(H,35,36,37)/t23?,25?,26-/m1/s1. The molecule has 3 aromatic rings. The second-order valence-corrected chi connectivity index (χ2v) is 14.7. The Kier molecular flexibility index (Phi) is 8.59. The molecule has 1 fully saturated rings.